The lowest BCUT2D eigenvalue weighted by Gasteiger charge is -2.12. The number of carbonyl (C=O) groups excluding carboxylic acids is 4. The summed E-state index contributed by atoms with van der Waals surface area (Å²) in [7, 11) is 0. The van der Waals surface area contributed by atoms with Crippen molar-refractivity contribution in [2.24, 2.45) is 0 Å². The van der Waals surface area contributed by atoms with E-state index in [1.54, 1.807) is 36.4 Å². The van der Waals surface area contributed by atoms with Gasteiger partial charge < -0.3 is 24.7 Å². The third-order valence-electron chi connectivity index (χ3n) is 6.99. The van der Waals surface area contributed by atoms with Crippen molar-refractivity contribution in [2.45, 2.75) is 20.4 Å². The molecule has 3 aromatic carbocycles. The van der Waals surface area contributed by atoms with E-state index in [-0.39, 0.29) is 24.2 Å². The highest BCUT2D eigenvalue weighted by Crippen LogP contribution is 2.36. The van der Waals surface area contributed by atoms with Crippen molar-refractivity contribution >= 4 is 63.1 Å². The largest absolute Gasteiger partial charge is 0.454 e. The van der Waals surface area contributed by atoms with Crippen LogP contribution in [0.25, 0.3) is 17.0 Å². The fourth-order valence-corrected chi connectivity index (χ4v) is 5.82. The molecule has 0 atom stereocenters. The van der Waals surface area contributed by atoms with Gasteiger partial charge in [0, 0.05) is 39.6 Å². The molecule has 11 heteroatoms. The summed E-state index contributed by atoms with van der Waals surface area (Å²) < 4.78 is 12.6. The van der Waals surface area contributed by atoms with E-state index >= 15 is 0 Å². The smallest absolute Gasteiger partial charge is 0.294 e. The van der Waals surface area contributed by atoms with Gasteiger partial charge in [0.15, 0.2) is 11.5 Å². The van der Waals surface area contributed by atoms with Crippen molar-refractivity contribution in [2.75, 3.05) is 24.0 Å². The lowest BCUT2D eigenvalue weighted by Crippen LogP contribution is -2.36. The maximum absolute atomic E-state index is 13.2. The number of anilines is 2. The van der Waals surface area contributed by atoms with Gasteiger partial charge in [-0.1, -0.05) is 30.3 Å². The summed E-state index contributed by atoms with van der Waals surface area (Å²) in [6, 6.07) is 20.0. The minimum absolute atomic E-state index is 0.0231. The number of aromatic nitrogens is 1. The van der Waals surface area contributed by atoms with Crippen molar-refractivity contribution in [1.82, 2.24) is 9.47 Å². The Morgan fingerprint density at radius 3 is 2.43 bits per heavy atom. The zero-order valence-electron chi connectivity index (χ0n) is 22.8. The Labute approximate surface area is 245 Å². The van der Waals surface area contributed by atoms with Crippen molar-refractivity contribution in [3.63, 3.8) is 0 Å². The monoisotopic (exact) mass is 582 g/mol. The van der Waals surface area contributed by atoms with E-state index < -0.39 is 23.6 Å². The van der Waals surface area contributed by atoms with Crippen LogP contribution in [0.3, 0.4) is 0 Å². The summed E-state index contributed by atoms with van der Waals surface area (Å²) in [4.78, 5) is 52.8. The maximum Gasteiger partial charge on any atom is 0.294 e. The van der Waals surface area contributed by atoms with Gasteiger partial charge in [-0.25, -0.2) is 0 Å². The van der Waals surface area contributed by atoms with Gasteiger partial charge in [0.1, 0.15) is 13.1 Å². The number of nitrogens with one attached hydrogen (secondary N) is 2. The number of carbonyl (C=O) groups is 4. The quantitative estimate of drug-likeness (QED) is 0.284. The first kappa shape index (κ1) is 27.2. The van der Waals surface area contributed by atoms with E-state index in [1.807, 2.05) is 54.8 Å². The van der Waals surface area contributed by atoms with Crippen LogP contribution in [-0.2, 0) is 20.9 Å². The molecule has 0 unspecified atom stereocenters. The number of rotatable bonds is 7. The Kier molecular flexibility index (Phi) is 7.17. The zero-order valence-corrected chi connectivity index (χ0v) is 23.6. The Morgan fingerprint density at radius 1 is 0.881 bits per heavy atom. The summed E-state index contributed by atoms with van der Waals surface area (Å²) in [6.45, 7) is 3.54. The van der Waals surface area contributed by atoms with E-state index in [0.29, 0.717) is 22.9 Å². The molecule has 0 aliphatic carbocycles. The highest BCUT2D eigenvalue weighted by molar-refractivity contribution is 8.18. The molecule has 0 bridgehead atoms. The lowest BCUT2D eigenvalue weighted by atomic mass is 10.1. The zero-order chi connectivity index (χ0) is 29.4. The molecule has 3 heterocycles. The second-order valence-corrected chi connectivity index (χ2v) is 10.9. The molecule has 4 aromatic rings. The third-order valence-corrected chi connectivity index (χ3v) is 7.90. The fourth-order valence-electron chi connectivity index (χ4n) is 5.00. The van der Waals surface area contributed by atoms with Crippen molar-refractivity contribution in [3.8, 4) is 11.5 Å². The molecule has 0 saturated carbocycles. The molecular weight excluding hydrogens is 556 g/mol. The highest BCUT2D eigenvalue weighted by Gasteiger charge is 2.36. The lowest BCUT2D eigenvalue weighted by molar-refractivity contribution is -0.127. The minimum atomic E-state index is -0.541. The SMILES string of the molecule is Cc1cccc(NC(=O)CN2C(=O)S/C(=C\c3c(C)n(CC(=O)Nc4ccc5c(c4)OCO5)c4ccccc34)C2=O)c1. The van der Waals surface area contributed by atoms with Crippen LogP contribution in [0.2, 0.25) is 0 Å². The van der Waals surface area contributed by atoms with E-state index in [2.05, 4.69) is 10.6 Å². The number of benzene rings is 3. The summed E-state index contributed by atoms with van der Waals surface area (Å²) in [5.74, 6) is -0.0590. The molecule has 0 spiro atoms. The first-order valence-corrected chi connectivity index (χ1v) is 14.0. The number of thioether (sulfide) groups is 1. The van der Waals surface area contributed by atoms with Crippen LogP contribution in [0.1, 0.15) is 16.8 Å². The Balaban J connectivity index is 1.21. The average molecular weight is 583 g/mol. The molecule has 10 nitrogen and oxygen atoms in total. The number of para-hydroxylation sites is 1. The van der Waals surface area contributed by atoms with Crippen molar-refractivity contribution in [1.29, 1.82) is 0 Å². The second kappa shape index (κ2) is 11.1. The number of ether oxygens (including phenoxy) is 2. The number of aryl methyl sites for hydroxylation is 1. The van der Waals surface area contributed by atoms with Crippen LogP contribution >= 0.6 is 11.8 Å². The van der Waals surface area contributed by atoms with Gasteiger partial charge >= 0.3 is 0 Å². The number of imide groups is 1. The van der Waals surface area contributed by atoms with E-state index in [0.717, 1.165) is 44.4 Å². The van der Waals surface area contributed by atoms with Gasteiger partial charge in [0.2, 0.25) is 18.6 Å². The highest BCUT2D eigenvalue weighted by atomic mass is 32.2. The first-order valence-electron chi connectivity index (χ1n) is 13.2. The molecule has 1 saturated heterocycles. The first-order chi connectivity index (χ1) is 20.3. The van der Waals surface area contributed by atoms with Crippen LogP contribution in [0, 0.1) is 13.8 Å². The summed E-state index contributed by atoms with van der Waals surface area (Å²) in [5.41, 5.74) is 4.42. The predicted octanol–water partition coefficient (Wildman–Crippen LogP) is 5.30. The molecule has 1 aromatic heterocycles. The predicted molar refractivity (Wildman–Crippen MR) is 160 cm³/mol. The molecule has 2 N–H and O–H groups in total. The van der Waals surface area contributed by atoms with Crippen molar-refractivity contribution < 1.29 is 28.7 Å². The molecule has 212 valence electrons. The molecule has 42 heavy (non-hydrogen) atoms. The maximum atomic E-state index is 13.2. The number of nitrogens with zero attached hydrogens (tertiary/aromatic N) is 2. The molecule has 2 aliphatic heterocycles. The summed E-state index contributed by atoms with van der Waals surface area (Å²) in [5, 5.41) is 5.94. The van der Waals surface area contributed by atoms with Gasteiger partial charge in [-0.3, -0.25) is 24.1 Å². The van der Waals surface area contributed by atoms with Crippen molar-refractivity contribution in [3.05, 3.63) is 88.5 Å². The summed E-state index contributed by atoms with van der Waals surface area (Å²) >= 11 is 0.787. The standard InChI is InChI=1S/C31H26N4O6S/c1-18-6-5-7-20(12-18)32-29(37)16-35-30(38)27(42-31(35)39)14-23-19(2)34(24-9-4-3-8-22(23)24)15-28(36)33-21-10-11-25-26(13-21)41-17-40-25/h3-14H,15-17H2,1-2H3,(H,32,37)(H,33,36)/b27-14-. The van der Waals surface area contributed by atoms with Gasteiger partial charge in [-0.05, 0) is 67.6 Å². The Morgan fingerprint density at radius 2 is 1.62 bits per heavy atom. The molecule has 2 aliphatic rings. The Hall–Kier alpha value is -5.03. The van der Waals surface area contributed by atoms with Crippen LogP contribution in [0.4, 0.5) is 16.2 Å². The molecule has 6 rings (SSSR count). The van der Waals surface area contributed by atoms with Gasteiger partial charge in [-0.2, -0.15) is 0 Å². The summed E-state index contributed by atoms with van der Waals surface area (Å²) in [6.07, 6.45) is 1.66. The number of amides is 4. The van der Waals surface area contributed by atoms with E-state index in [4.69, 9.17) is 9.47 Å². The Bertz CT molecular complexity index is 1810. The minimum Gasteiger partial charge on any atom is -0.454 e. The topological polar surface area (TPSA) is 119 Å². The normalized spacial score (nSPS) is 15.1. The van der Waals surface area contributed by atoms with Crippen LogP contribution in [0.15, 0.2) is 71.6 Å². The number of hydrogen-bond acceptors (Lipinski definition) is 7. The van der Waals surface area contributed by atoms with Gasteiger partial charge in [-0.15, -0.1) is 0 Å². The third kappa shape index (κ3) is 5.34. The molecule has 0 radical (unpaired) electrons. The fraction of sp³-hybridized carbons (Fsp3) is 0.161. The van der Waals surface area contributed by atoms with Crippen LogP contribution in [0.5, 0.6) is 11.5 Å². The molecule has 4 amide bonds. The van der Waals surface area contributed by atoms with E-state index in [9.17, 15) is 19.2 Å². The number of fused-ring (bicyclic) bond motifs is 2. The van der Waals surface area contributed by atoms with E-state index in [1.165, 1.54) is 0 Å². The average Bonchev–Trinajstić information content (AvgIpc) is 3.61. The van der Waals surface area contributed by atoms with Gasteiger partial charge in [0.05, 0.1) is 4.91 Å². The number of hydrogen-bond donors (Lipinski definition) is 2. The second-order valence-electron chi connectivity index (χ2n) is 9.90. The van der Waals surface area contributed by atoms with Crippen LogP contribution < -0.4 is 20.1 Å². The molecule has 1 fully saturated rings. The van der Waals surface area contributed by atoms with Crippen LogP contribution in [-0.4, -0.2) is 45.8 Å². The van der Waals surface area contributed by atoms with Gasteiger partial charge in [0.25, 0.3) is 11.1 Å². The molecular formula is C31H26N4O6S.